The van der Waals surface area contributed by atoms with Crippen molar-refractivity contribution >= 4 is 45.3 Å². The highest BCUT2D eigenvalue weighted by molar-refractivity contribution is 9.09. The lowest BCUT2D eigenvalue weighted by molar-refractivity contribution is -0.255. The number of benzene rings is 3. The third-order valence-corrected chi connectivity index (χ3v) is 9.00. The van der Waals surface area contributed by atoms with E-state index in [4.69, 9.17) is 0 Å². The summed E-state index contributed by atoms with van der Waals surface area (Å²) in [5, 5.41) is 13.9. The Labute approximate surface area is 215 Å². The van der Waals surface area contributed by atoms with E-state index in [1.54, 1.807) is 13.0 Å². The van der Waals surface area contributed by atoms with Crippen molar-refractivity contribution < 1.29 is 24.3 Å². The van der Waals surface area contributed by atoms with E-state index in [0.717, 1.165) is 27.2 Å². The van der Waals surface area contributed by atoms with E-state index >= 15 is 0 Å². The first-order chi connectivity index (χ1) is 17.2. The van der Waals surface area contributed by atoms with Crippen molar-refractivity contribution in [3.8, 4) is 0 Å². The van der Waals surface area contributed by atoms with Crippen LogP contribution in [0, 0.1) is 18.8 Å². The molecule has 1 N–H and O–H groups in total. The molecule has 0 radical (unpaired) electrons. The smallest absolute Gasteiger partial charge is 0.244 e. The van der Waals surface area contributed by atoms with E-state index < -0.39 is 40.5 Å². The van der Waals surface area contributed by atoms with Crippen molar-refractivity contribution in [2.45, 2.75) is 17.2 Å². The van der Waals surface area contributed by atoms with Gasteiger partial charge >= 0.3 is 0 Å². The standard InChI is InChI=1S/C28H21BrN2O5/c1-14-10-11-15(27(35)36)12-20(14)30-21(32)13-31-25(33)23-22-16-6-2-4-8-18(16)28(29,24(23)26(31)34)19-9-5-3-7-17(19)22/h2-12,22-24H,13H2,1H3,(H,30,32)(H,35,36)/p-1/t22?,23-,24-,28?/m0/s1. The number of imide groups is 1. The molecule has 3 aromatic rings. The molecule has 36 heavy (non-hydrogen) atoms. The fourth-order valence-electron chi connectivity index (χ4n) is 6.11. The van der Waals surface area contributed by atoms with Crippen molar-refractivity contribution in [3.63, 3.8) is 0 Å². The third kappa shape index (κ3) is 2.97. The molecule has 1 heterocycles. The molecule has 7 rings (SSSR count). The summed E-state index contributed by atoms with van der Waals surface area (Å²) in [6.07, 6.45) is 0. The van der Waals surface area contributed by atoms with Crippen LogP contribution < -0.4 is 10.4 Å². The molecule has 7 nitrogen and oxygen atoms in total. The van der Waals surface area contributed by atoms with Gasteiger partial charge in [0.15, 0.2) is 0 Å². The van der Waals surface area contributed by atoms with Gasteiger partial charge in [-0.2, -0.15) is 0 Å². The highest BCUT2D eigenvalue weighted by Gasteiger charge is 2.67. The van der Waals surface area contributed by atoms with Crippen LogP contribution in [0.15, 0.2) is 66.7 Å². The van der Waals surface area contributed by atoms with E-state index in [9.17, 15) is 24.3 Å². The molecule has 3 aliphatic carbocycles. The summed E-state index contributed by atoms with van der Waals surface area (Å²) in [6.45, 7) is 1.26. The lowest BCUT2D eigenvalue weighted by Crippen LogP contribution is -2.50. The Morgan fingerprint density at radius 2 is 1.58 bits per heavy atom. The molecule has 2 atom stereocenters. The predicted molar refractivity (Wildman–Crippen MR) is 132 cm³/mol. The average molecular weight is 544 g/mol. The van der Waals surface area contributed by atoms with Gasteiger partial charge in [-0.05, 0) is 46.4 Å². The zero-order valence-electron chi connectivity index (χ0n) is 19.2. The maximum atomic E-state index is 13.8. The van der Waals surface area contributed by atoms with E-state index in [0.29, 0.717) is 5.56 Å². The first kappa shape index (κ1) is 22.7. The molecule has 4 aliphatic rings. The van der Waals surface area contributed by atoms with Gasteiger partial charge in [-0.25, -0.2) is 0 Å². The van der Waals surface area contributed by atoms with E-state index in [1.807, 2.05) is 48.5 Å². The van der Waals surface area contributed by atoms with Gasteiger partial charge in [-0.15, -0.1) is 0 Å². The van der Waals surface area contributed by atoms with Crippen LogP contribution in [0.25, 0.3) is 0 Å². The Hall–Kier alpha value is -3.78. The van der Waals surface area contributed by atoms with Crippen molar-refractivity contribution in [2.24, 2.45) is 11.8 Å². The summed E-state index contributed by atoms with van der Waals surface area (Å²) in [6, 6.07) is 20.0. The minimum absolute atomic E-state index is 0.0800. The summed E-state index contributed by atoms with van der Waals surface area (Å²) in [4.78, 5) is 52.7. The number of carboxylic acids is 1. The summed E-state index contributed by atoms with van der Waals surface area (Å²) in [7, 11) is 0. The number of likely N-dealkylation sites (tertiary alicyclic amines) is 1. The van der Waals surface area contributed by atoms with Crippen LogP contribution in [-0.2, 0) is 18.7 Å². The number of amides is 3. The number of nitrogens with zero attached hydrogens (tertiary/aromatic N) is 1. The van der Waals surface area contributed by atoms with Gasteiger partial charge in [0.25, 0.3) is 0 Å². The highest BCUT2D eigenvalue weighted by atomic mass is 79.9. The number of anilines is 1. The Balaban J connectivity index is 1.35. The van der Waals surface area contributed by atoms with Crippen LogP contribution in [0.1, 0.15) is 44.1 Å². The average Bonchev–Trinajstić information content (AvgIpc) is 3.12. The zero-order valence-corrected chi connectivity index (χ0v) is 20.7. The molecule has 3 amide bonds. The van der Waals surface area contributed by atoms with Crippen molar-refractivity contribution in [1.29, 1.82) is 0 Å². The first-order valence-electron chi connectivity index (χ1n) is 11.6. The highest BCUT2D eigenvalue weighted by Crippen LogP contribution is 2.66. The van der Waals surface area contributed by atoms with E-state index in [-0.39, 0.29) is 23.1 Å². The monoisotopic (exact) mass is 543 g/mol. The molecular weight excluding hydrogens is 524 g/mol. The molecule has 1 fully saturated rings. The molecular formula is C28H20BrN2O5-. The Morgan fingerprint density at radius 3 is 2.19 bits per heavy atom. The SMILES string of the molecule is Cc1ccc(C(=O)[O-])cc1NC(=O)CN1C(=O)[C@@H]2[C@@H](C1=O)C1c3ccccc3C2(Br)c2ccccc21. The van der Waals surface area contributed by atoms with Crippen LogP contribution >= 0.6 is 15.9 Å². The second-order valence-corrected chi connectivity index (χ2v) is 10.7. The second kappa shape index (κ2) is 7.86. The molecule has 1 saturated heterocycles. The fourth-order valence-corrected chi connectivity index (χ4v) is 7.31. The zero-order chi connectivity index (χ0) is 25.4. The maximum Gasteiger partial charge on any atom is 0.244 e. The van der Waals surface area contributed by atoms with E-state index in [2.05, 4.69) is 21.2 Å². The van der Waals surface area contributed by atoms with Gasteiger partial charge in [0, 0.05) is 11.6 Å². The number of carboxylic acid groups (broad SMARTS) is 1. The van der Waals surface area contributed by atoms with Crippen molar-refractivity contribution in [1.82, 2.24) is 4.90 Å². The predicted octanol–water partition coefficient (Wildman–Crippen LogP) is 2.70. The van der Waals surface area contributed by atoms with Gasteiger partial charge < -0.3 is 15.2 Å². The number of carbonyl (C=O) groups excluding carboxylic acids is 4. The minimum atomic E-state index is -1.36. The van der Waals surface area contributed by atoms with Crippen LogP contribution in [0.4, 0.5) is 5.69 Å². The second-order valence-electron chi connectivity index (χ2n) is 9.50. The number of hydrogen-bond acceptors (Lipinski definition) is 5. The van der Waals surface area contributed by atoms with Crippen molar-refractivity contribution in [2.75, 3.05) is 11.9 Å². The summed E-state index contributed by atoms with van der Waals surface area (Å²) >= 11 is 3.92. The number of aryl methyl sites for hydroxylation is 1. The molecule has 0 spiro atoms. The third-order valence-electron chi connectivity index (χ3n) is 7.65. The lowest BCUT2D eigenvalue weighted by atomic mass is 9.55. The number of hydrogen-bond donors (Lipinski definition) is 1. The molecule has 3 aromatic carbocycles. The molecule has 180 valence electrons. The summed E-state index contributed by atoms with van der Waals surface area (Å²) in [5.41, 5.74) is 4.81. The minimum Gasteiger partial charge on any atom is -0.545 e. The molecule has 1 aliphatic heterocycles. The topological polar surface area (TPSA) is 107 Å². The Kier molecular flexibility index (Phi) is 4.95. The maximum absolute atomic E-state index is 13.8. The molecule has 2 bridgehead atoms. The van der Waals surface area contributed by atoms with Crippen LogP contribution in [-0.4, -0.2) is 35.1 Å². The van der Waals surface area contributed by atoms with Gasteiger partial charge in [0.2, 0.25) is 17.7 Å². The van der Waals surface area contributed by atoms with Crippen LogP contribution in [0.5, 0.6) is 0 Å². The molecule has 0 saturated carbocycles. The fraction of sp³-hybridized carbons (Fsp3) is 0.214. The normalized spacial score (nSPS) is 25.3. The molecule has 0 unspecified atom stereocenters. The molecule has 8 heteroatoms. The Morgan fingerprint density at radius 1 is 0.972 bits per heavy atom. The largest absolute Gasteiger partial charge is 0.545 e. The van der Waals surface area contributed by atoms with Gasteiger partial charge in [-0.3, -0.25) is 19.3 Å². The van der Waals surface area contributed by atoms with Gasteiger partial charge in [-0.1, -0.05) is 76.6 Å². The molecule has 0 aromatic heterocycles. The number of aromatic carboxylic acids is 1. The van der Waals surface area contributed by atoms with Crippen molar-refractivity contribution in [3.05, 3.63) is 100 Å². The van der Waals surface area contributed by atoms with Crippen LogP contribution in [0.2, 0.25) is 0 Å². The number of alkyl halides is 1. The van der Waals surface area contributed by atoms with Gasteiger partial charge in [0.05, 0.1) is 22.1 Å². The first-order valence-corrected chi connectivity index (χ1v) is 12.4. The summed E-state index contributed by atoms with van der Waals surface area (Å²) < 4.78 is -0.878. The number of rotatable bonds is 4. The van der Waals surface area contributed by atoms with E-state index in [1.165, 1.54) is 12.1 Å². The summed E-state index contributed by atoms with van der Waals surface area (Å²) in [5.74, 6) is -4.32. The number of carbonyl (C=O) groups is 4. The quantitative estimate of drug-likeness (QED) is 0.402. The van der Waals surface area contributed by atoms with Gasteiger partial charge in [0.1, 0.15) is 6.54 Å². The number of halogens is 1. The Bertz CT molecular complexity index is 1450. The number of nitrogens with one attached hydrogen (secondary N) is 1. The lowest BCUT2D eigenvalue weighted by Gasteiger charge is -2.51. The van der Waals surface area contributed by atoms with Crippen LogP contribution in [0.3, 0.4) is 0 Å².